The van der Waals surface area contributed by atoms with E-state index < -0.39 is 48.3 Å². The number of fused-ring (bicyclic) bond motifs is 1. The molecule has 2 aliphatic heterocycles. The Labute approximate surface area is 278 Å². The van der Waals surface area contributed by atoms with E-state index in [0.29, 0.717) is 22.9 Å². The summed E-state index contributed by atoms with van der Waals surface area (Å²) >= 11 is 0. The van der Waals surface area contributed by atoms with Crippen LogP contribution in [0.4, 0.5) is 8.78 Å². The molecule has 2 saturated carbocycles. The van der Waals surface area contributed by atoms with Crippen molar-refractivity contribution >= 4 is 34.7 Å². The lowest BCUT2D eigenvalue weighted by molar-refractivity contribution is -0.138. The van der Waals surface area contributed by atoms with Crippen LogP contribution in [0.3, 0.4) is 0 Å². The van der Waals surface area contributed by atoms with Gasteiger partial charge in [-0.3, -0.25) is 19.3 Å². The molecule has 2 aromatic carbocycles. The molecule has 48 heavy (non-hydrogen) atoms. The zero-order chi connectivity index (χ0) is 33.4. The van der Waals surface area contributed by atoms with Crippen molar-refractivity contribution in [2.75, 3.05) is 26.2 Å². The number of allylic oxidation sites excluding steroid dienone is 1. The number of alkyl halides is 1. The fourth-order valence-electron chi connectivity index (χ4n) is 6.76. The van der Waals surface area contributed by atoms with Gasteiger partial charge in [-0.1, -0.05) is 24.3 Å². The number of benzene rings is 2. The first-order chi connectivity index (χ1) is 23.2. The van der Waals surface area contributed by atoms with Gasteiger partial charge in [0.25, 0.3) is 5.91 Å². The molecule has 1 unspecified atom stereocenters. The second-order valence-electron chi connectivity index (χ2n) is 13.6. The molecule has 4 fully saturated rings. The molecule has 4 atom stereocenters. The fraction of sp³-hybridized carbons (Fsp3) is 0.459. The third-order valence-electron chi connectivity index (χ3n) is 9.75. The number of hydrogen-bond acceptors (Lipinski definition) is 6. The first-order valence-corrected chi connectivity index (χ1v) is 17.0. The van der Waals surface area contributed by atoms with E-state index in [2.05, 4.69) is 32.7 Å². The zero-order valence-corrected chi connectivity index (χ0v) is 27.0. The summed E-state index contributed by atoms with van der Waals surface area (Å²) in [5.41, 5.74) is 2.36. The summed E-state index contributed by atoms with van der Waals surface area (Å²) in [6, 6.07) is 12.3. The Morgan fingerprint density at radius 2 is 1.88 bits per heavy atom. The van der Waals surface area contributed by atoms with Crippen LogP contribution in [0.25, 0.3) is 17.0 Å². The quantitative estimate of drug-likeness (QED) is 0.302. The zero-order valence-electron chi connectivity index (χ0n) is 27.0. The Morgan fingerprint density at radius 1 is 1.04 bits per heavy atom. The van der Waals surface area contributed by atoms with E-state index in [0.717, 1.165) is 36.4 Å². The summed E-state index contributed by atoms with van der Waals surface area (Å²) in [6.45, 7) is 3.19. The summed E-state index contributed by atoms with van der Waals surface area (Å²) in [4.78, 5) is 47.5. The molecule has 252 valence electrons. The fourth-order valence-corrected chi connectivity index (χ4v) is 6.76. The van der Waals surface area contributed by atoms with Crippen LogP contribution in [0.1, 0.15) is 73.1 Å². The molecule has 7 rings (SSSR count). The molecule has 9 nitrogen and oxygen atoms in total. The van der Waals surface area contributed by atoms with Gasteiger partial charge in [-0.2, -0.15) is 0 Å². The van der Waals surface area contributed by atoms with E-state index >= 15 is 0 Å². The maximum Gasteiger partial charge on any atom is 0.270 e. The van der Waals surface area contributed by atoms with Gasteiger partial charge in [0.2, 0.25) is 11.8 Å². The molecule has 1 aromatic heterocycles. The monoisotopic (exact) mass is 657 g/mol. The summed E-state index contributed by atoms with van der Waals surface area (Å²) in [5, 5.41) is 6.10. The van der Waals surface area contributed by atoms with Gasteiger partial charge in [-0.05, 0) is 92.5 Å². The van der Waals surface area contributed by atoms with Crippen molar-refractivity contribution < 1.29 is 27.9 Å². The van der Waals surface area contributed by atoms with Crippen LogP contribution in [-0.4, -0.2) is 83.0 Å². The number of aromatic nitrogens is 1. The normalized spacial score (nSPS) is 23.5. The lowest BCUT2D eigenvalue weighted by Crippen LogP contribution is -2.49. The summed E-state index contributed by atoms with van der Waals surface area (Å²) in [5.74, 6) is -0.712. The highest BCUT2D eigenvalue weighted by Crippen LogP contribution is 2.34. The van der Waals surface area contributed by atoms with Crippen LogP contribution in [-0.2, 0) is 9.59 Å². The number of ether oxygens (including phenoxy) is 1. The van der Waals surface area contributed by atoms with Gasteiger partial charge in [-0.25, -0.2) is 13.8 Å². The van der Waals surface area contributed by atoms with Crippen LogP contribution in [0, 0.1) is 11.7 Å². The minimum Gasteiger partial charge on any atom is -0.489 e. The van der Waals surface area contributed by atoms with Crippen molar-refractivity contribution in [1.29, 1.82) is 0 Å². The Hall–Kier alpha value is -4.38. The highest BCUT2D eigenvalue weighted by molar-refractivity contribution is 5.97. The molecule has 0 spiro atoms. The number of rotatable bonds is 11. The number of nitrogens with one attached hydrogen (secondary N) is 2. The van der Waals surface area contributed by atoms with Gasteiger partial charge >= 0.3 is 0 Å². The number of nitrogens with zero attached hydrogens (tertiary/aromatic N) is 3. The second-order valence-corrected chi connectivity index (χ2v) is 13.6. The standard InChI is InChI=1S/C37H41F2N5O4/c1-22(31-18-29(11-6-24(31)5-4-23-2-3-23)48-30-14-15-43(21-30)28-9-10-28)41-37(47)34-17-27(39)20-44(34)35(45)19-40-36(46)33-12-7-25-16-26(38)8-13-32(25)42-33/h4-8,11-13,16,18,22-23,27-28,30,34H,2-3,9-10,14-15,17,19-21H2,1H3,(H,40,46)(H,41,47)/b5-4+/t22-,27+,30-,34?/m0/s1. The average molecular weight is 658 g/mol. The van der Waals surface area contributed by atoms with Crippen molar-refractivity contribution in [2.45, 2.75) is 75.8 Å². The van der Waals surface area contributed by atoms with E-state index in [1.165, 1.54) is 54.8 Å². The van der Waals surface area contributed by atoms with Crippen molar-refractivity contribution in [3.8, 4) is 5.75 Å². The smallest absolute Gasteiger partial charge is 0.270 e. The highest BCUT2D eigenvalue weighted by atomic mass is 19.1. The van der Waals surface area contributed by atoms with E-state index in [4.69, 9.17) is 4.74 Å². The number of amides is 3. The molecule has 3 heterocycles. The molecule has 2 aliphatic carbocycles. The largest absolute Gasteiger partial charge is 0.489 e. The van der Waals surface area contributed by atoms with Crippen LogP contribution < -0.4 is 15.4 Å². The predicted molar refractivity (Wildman–Crippen MR) is 177 cm³/mol. The number of hydrogen-bond donors (Lipinski definition) is 2. The Morgan fingerprint density at radius 3 is 2.67 bits per heavy atom. The Bertz CT molecular complexity index is 1740. The average Bonchev–Trinajstić information content (AvgIpc) is 4.01. The van der Waals surface area contributed by atoms with Crippen LogP contribution >= 0.6 is 0 Å². The van der Waals surface area contributed by atoms with Crippen LogP contribution in [0.2, 0.25) is 0 Å². The molecular formula is C37H41F2N5O4. The Balaban J connectivity index is 0.997. The number of pyridine rings is 1. The van der Waals surface area contributed by atoms with E-state index in [9.17, 15) is 23.2 Å². The molecule has 3 aromatic rings. The van der Waals surface area contributed by atoms with E-state index in [1.807, 2.05) is 25.1 Å². The SMILES string of the molecule is C[C@H](NC(=O)C1C[C@@H](F)CN1C(=O)CNC(=O)c1ccc2cc(F)ccc2n1)c1cc(O[C@H]2CCN(C3CC3)C2)ccc1/C=C/C1CC1. The number of likely N-dealkylation sites (tertiary alicyclic amines) is 2. The molecule has 11 heteroatoms. The number of carbonyl (C=O) groups excluding carboxylic acids is 3. The molecule has 0 bridgehead atoms. The second kappa shape index (κ2) is 13.6. The van der Waals surface area contributed by atoms with Crippen molar-refractivity contribution in [3.63, 3.8) is 0 Å². The van der Waals surface area contributed by atoms with Gasteiger partial charge in [-0.15, -0.1) is 0 Å². The maximum atomic E-state index is 14.7. The first kappa shape index (κ1) is 32.2. The molecular weight excluding hydrogens is 616 g/mol. The van der Waals surface area contributed by atoms with Crippen molar-refractivity contribution in [2.24, 2.45) is 5.92 Å². The lowest BCUT2D eigenvalue weighted by atomic mass is 9.99. The summed E-state index contributed by atoms with van der Waals surface area (Å²) < 4.78 is 34.6. The molecule has 2 N–H and O–H groups in total. The molecule has 2 saturated heterocycles. The number of halogens is 2. The van der Waals surface area contributed by atoms with Gasteiger partial charge in [0.1, 0.15) is 35.6 Å². The predicted octanol–water partition coefficient (Wildman–Crippen LogP) is 4.96. The first-order valence-electron chi connectivity index (χ1n) is 17.0. The number of carbonyl (C=O) groups is 3. The summed E-state index contributed by atoms with van der Waals surface area (Å²) in [6.07, 6.45) is 8.80. The maximum absolute atomic E-state index is 14.7. The van der Waals surface area contributed by atoms with Crippen molar-refractivity contribution in [1.82, 2.24) is 25.4 Å². The van der Waals surface area contributed by atoms with Crippen molar-refractivity contribution in [3.05, 3.63) is 77.2 Å². The molecule has 4 aliphatic rings. The van der Waals surface area contributed by atoms with E-state index in [1.54, 1.807) is 6.07 Å². The van der Waals surface area contributed by atoms with Gasteiger partial charge < -0.3 is 20.3 Å². The van der Waals surface area contributed by atoms with Gasteiger partial charge in [0, 0.05) is 30.9 Å². The van der Waals surface area contributed by atoms with E-state index in [-0.39, 0.29) is 24.8 Å². The Kier molecular flexibility index (Phi) is 9.13. The minimum absolute atomic E-state index is 0.0562. The molecule has 0 radical (unpaired) electrons. The van der Waals surface area contributed by atoms with Crippen LogP contribution in [0.5, 0.6) is 5.75 Å². The topological polar surface area (TPSA) is 104 Å². The summed E-state index contributed by atoms with van der Waals surface area (Å²) in [7, 11) is 0. The third-order valence-corrected chi connectivity index (χ3v) is 9.75. The highest BCUT2D eigenvalue weighted by Gasteiger charge is 2.40. The third kappa shape index (κ3) is 7.51. The molecule has 3 amide bonds. The minimum atomic E-state index is -1.37. The van der Waals surface area contributed by atoms with Gasteiger partial charge in [0.15, 0.2) is 0 Å². The van der Waals surface area contributed by atoms with Gasteiger partial charge in [0.05, 0.1) is 24.6 Å². The lowest BCUT2D eigenvalue weighted by Gasteiger charge is -2.26. The van der Waals surface area contributed by atoms with Crippen LogP contribution in [0.15, 0.2) is 54.6 Å².